The molecule has 12 heavy (non-hydrogen) atoms. The highest BCUT2D eigenvalue weighted by Crippen LogP contribution is 2.19. The molecule has 0 aliphatic carbocycles. The second-order valence-electron chi connectivity index (χ2n) is 2.89. The quantitative estimate of drug-likeness (QED) is 0.623. The van der Waals surface area contributed by atoms with Crippen molar-refractivity contribution in [1.29, 1.82) is 0 Å². The Labute approximate surface area is 74.9 Å². The fraction of sp³-hybridized carbons (Fsp3) is 0.333. The smallest absolute Gasteiger partial charge is 0.0309 e. The molecule has 1 unspecified atom stereocenters. The Balaban J connectivity index is 3.43. The van der Waals surface area contributed by atoms with Gasteiger partial charge >= 0.3 is 0 Å². The largest absolute Gasteiger partial charge is 0.768 e. The van der Waals surface area contributed by atoms with Crippen LogP contribution in [0.3, 0.4) is 0 Å². The van der Waals surface area contributed by atoms with Crippen molar-refractivity contribution in [2.45, 2.75) is 25.7 Å². The van der Waals surface area contributed by atoms with Gasteiger partial charge in [-0.15, -0.1) is 0 Å². The van der Waals surface area contributed by atoms with Gasteiger partial charge in [-0.25, -0.2) is 0 Å². The van der Waals surface area contributed by atoms with Crippen molar-refractivity contribution in [2.75, 3.05) is 0 Å². The number of aryl methyl sites for hydroxylation is 2. The predicted molar refractivity (Wildman–Crippen MR) is 47.8 cm³/mol. The summed E-state index contributed by atoms with van der Waals surface area (Å²) >= 11 is -2.11. The molecule has 0 aliphatic heterocycles. The van der Waals surface area contributed by atoms with E-state index in [0.717, 1.165) is 16.7 Å². The van der Waals surface area contributed by atoms with E-state index in [-0.39, 0.29) is 0 Å². The highest BCUT2D eigenvalue weighted by molar-refractivity contribution is 7.79. The van der Waals surface area contributed by atoms with E-state index in [1.165, 1.54) is 0 Å². The molecule has 1 atom stereocenters. The molecule has 0 fully saturated rings. The molecule has 0 saturated carbocycles. The Hall–Kier alpha value is -0.670. The standard InChI is InChI=1S/C9H12O2S/c1-6-4-5-7(2)9(8(6)3)12(10)11/h4-5H,1-3H3,(H,10,11)/p-1. The Morgan fingerprint density at radius 3 is 2.08 bits per heavy atom. The van der Waals surface area contributed by atoms with Crippen LogP contribution in [0.1, 0.15) is 16.7 Å². The molecule has 0 amide bonds. The van der Waals surface area contributed by atoms with Gasteiger partial charge in [-0.1, -0.05) is 12.1 Å². The minimum absolute atomic E-state index is 0.440. The van der Waals surface area contributed by atoms with Crippen molar-refractivity contribution >= 4 is 11.1 Å². The van der Waals surface area contributed by atoms with Crippen LogP contribution in [0.5, 0.6) is 0 Å². The molecule has 1 aromatic rings. The summed E-state index contributed by atoms with van der Waals surface area (Å²) in [6, 6.07) is 3.76. The maximum absolute atomic E-state index is 10.8. The van der Waals surface area contributed by atoms with E-state index in [1.54, 1.807) is 6.92 Å². The van der Waals surface area contributed by atoms with Crippen LogP contribution in [0, 0.1) is 20.8 Å². The lowest BCUT2D eigenvalue weighted by atomic mass is 10.1. The molecule has 1 aromatic carbocycles. The van der Waals surface area contributed by atoms with Crippen molar-refractivity contribution in [3.8, 4) is 0 Å². The van der Waals surface area contributed by atoms with Crippen LogP contribution in [-0.2, 0) is 11.1 Å². The van der Waals surface area contributed by atoms with Gasteiger partial charge in [-0.2, -0.15) is 0 Å². The highest BCUT2D eigenvalue weighted by Gasteiger charge is 2.04. The first-order chi connectivity index (χ1) is 5.54. The third-order valence-electron chi connectivity index (χ3n) is 2.04. The van der Waals surface area contributed by atoms with Gasteiger partial charge in [-0.3, -0.25) is 4.21 Å². The van der Waals surface area contributed by atoms with Crippen molar-refractivity contribution in [1.82, 2.24) is 0 Å². The summed E-state index contributed by atoms with van der Waals surface area (Å²) in [6.45, 7) is 5.54. The average Bonchev–Trinajstić information content (AvgIpc) is 1.97. The summed E-state index contributed by atoms with van der Waals surface area (Å²) in [7, 11) is 0. The number of hydrogen-bond donors (Lipinski definition) is 0. The lowest BCUT2D eigenvalue weighted by Crippen LogP contribution is -1.98. The summed E-state index contributed by atoms with van der Waals surface area (Å²) in [4.78, 5) is 0.440. The number of benzene rings is 1. The molecule has 0 saturated heterocycles. The normalized spacial score (nSPS) is 13.0. The van der Waals surface area contributed by atoms with Gasteiger partial charge < -0.3 is 4.55 Å². The first-order valence-corrected chi connectivity index (χ1v) is 4.77. The summed E-state index contributed by atoms with van der Waals surface area (Å²) in [6.07, 6.45) is 0. The molecular weight excluding hydrogens is 172 g/mol. The Morgan fingerprint density at radius 1 is 1.17 bits per heavy atom. The lowest BCUT2D eigenvalue weighted by Gasteiger charge is -2.13. The fourth-order valence-corrected chi connectivity index (χ4v) is 1.92. The summed E-state index contributed by atoms with van der Waals surface area (Å²) in [5.41, 5.74) is 2.68. The van der Waals surface area contributed by atoms with Gasteiger partial charge in [0, 0.05) is 4.90 Å². The molecule has 0 heterocycles. The second-order valence-corrected chi connectivity index (χ2v) is 3.77. The van der Waals surface area contributed by atoms with Crippen LogP contribution in [0.15, 0.2) is 17.0 Å². The van der Waals surface area contributed by atoms with Crippen molar-refractivity contribution in [3.05, 3.63) is 28.8 Å². The van der Waals surface area contributed by atoms with E-state index in [9.17, 15) is 8.76 Å². The van der Waals surface area contributed by atoms with E-state index in [1.807, 2.05) is 26.0 Å². The average molecular weight is 183 g/mol. The monoisotopic (exact) mass is 183 g/mol. The predicted octanol–water partition coefficient (Wildman–Crippen LogP) is 1.85. The van der Waals surface area contributed by atoms with Crippen LogP contribution in [0.25, 0.3) is 0 Å². The molecule has 3 heteroatoms. The van der Waals surface area contributed by atoms with E-state index < -0.39 is 11.1 Å². The first kappa shape index (κ1) is 9.42. The molecule has 1 rings (SSSR count). The molecular formula is C9H11O2S-. The Kier molecular flexibility index (Phi) is 2.65. The maximum Gasteiger partial charge on any atom is 0.0309 e. The van der Waals surface area contributed by atoms with Crippen molar-refractivity contribution < 1.29 is 8.76 Å². The fourth-order valence-electron chi connectivity index (χ4n) is 1.18. The molecule has 0 aliphatic rings. The summed E-state index contributed by atoms with van der Waals surface area (Å²) in [5, 5.41) is 0. The highest BCUT2D eigenvalue weighted by atomic mass is 32.2. The third-order valence-corrected chi connectivity index (χ3v) is 3.00. The zero-order chi connectivity index (χ0) is 9.30. The van der Waals surface area contributed by atoms with Crippen LogP contribution in [-0.4, -0.2) is 8.76 Å². The van der Waals surface area contributed by atoms with Gasteiger partial charge in [0.25, 0.3) is 0 Å². The minimum Gasteiger partial charge on any atom is -0.768 e. The lowest BCUT2D eigenvalue weighted by molar-refractivity contribution is 0.536. The van der Waals surface area contributed by atoms with E-state index in [0.29, 0.717) is 4.90 Å². The van der Waals surface area contributed by atoms with E-state index >= 15 is 0 Å². The molecule has 0 bridgehead atoms. The van der Waals surface area contributed by atoms with E-state index in [2.05, 4.69) is 0 Å². The van der Waals surface area contributed by atoms with Crippen LogP contribution >= 0.6 is 0 Å². The van der Waals surface area contributed by atoms with Crippen molar-refractivity contribution in [2.24, 2.45) is 0 Å². The summed E-state index contributed by atoms with van der Waals surface area (Å²) in [5.74, 6) is 0. The third kappa shape index (κ3) is 1.57. The van der Waals surface area contributed by atoms with Gasteiger partial charge in [0.1, 0.15) is 0 Å². The molecule has 66 valence electrons. The topological polar surface area (TPSA) is 40.1 Å². The maximum atomic E-state index is 10.8. The Morgan fingerprint density at radius 2 is 1.67 bits per heavy atom. The molecule has 0 aromatic heterocycles. The zero-order valence-electron chi connectivity index (χ0n) is 7.38. The molecule has 0 spiro atoms. The van der Waals surface area contributed by atoms with Crippen LogP contribution in [0.4, 0.5) is 0 Å². The summed E-state index contributed by atoms with van der Waals surface area (Å²) < 4.78 is 21.6. The van der Waals surface area contributed by atoms with Gasteiger partial charge in [0.05, 0.1) is 0 Å². The van der Waals surface area contributed by atoms with Gasteiger partial charge in [0.15, 0.2) is 0 Å². The van der Waals surface area contributed by atoms with Crippen LogP contribution < -0.4 is 0 Å². The zero-order valence-corrected chi connectivity index (χ0v) is 8.20. The Bertz CT molecular complexity index is 332. The molecule has 2 nitrogen and oxygen atoms in total. The number of rotatable bonds is 1. The number of hydrogen-bond acceptors (Lipinski definition) is 2. The van der Waals surface area contributed by atoms with Gasteiger partial charge in [0.2, 0.25) is 0 Å². The molecule has 0 radical (unpaired) electrons. The second kappa shape index (κ2) is 3.37. The van der Waals surface area contributed by atoms with Crippen LogP contribution in [0.2, 0.25) is 0 Å². The van der Waals surface area contributed by atoms with Gasteiger partial charge in [-0.05, 0) is 48.5 Å². The first-order valence-electron chi connectivity index (χ1n) is 3.70. The minimum atomic E-state index is -2.11. The molecule has 0 N–H and O–H groups in total. The van der Waals surface area contributed by atoms with Crippen molar-refractivity contribution in [3.63, 3.8) is 0 Å². The SMILES string of the molecule is Cc1ccc(C)c(S(=O)[O-])c1C. The van der Waals surface area contributed by atoms with E-state index in [4.69, 9.17) is 0 Å².